The summed E-state index contributed by atoms with van der Waals surface area (Å²) in [4.78, 5) is 10.2. The molecule has 0 aromatic heterocycles. The van der Waals surface area contributed by atoms with Crippen molar-refractivity contribution in [3.63, 3.8) is 0 Å². The van der Waals surface area contributed by atoms with E-state index in [4.69, 9.17) is 14.2 Å². The molecule has 7 heteroatoms. The summed E-state index contributed by atoms with van der Waals surface area (Å²) in [5.41, 5.74) is 3.52. The quantitative estimate of drug-likeness (QED) is 0.554. The van der Waals surface area contributed by atoms with Crippen LogP contribution in [0.4, 0.5) is 0 Å². The molecule has 34 heavy (non-hydrogen) atoms. The van der Waals surface area contributed by atoms with E-state index in [2.05, 4.69) is 64.6 Å². The van der Waals surface area contributed by atoms with Crippen molar-refractivity contribution < 1.29 is 8.39 Å². The van der Waals surface area contributed by atoms with Crippen LogP contribution in [-0.4, -0.2) is 21.9 Å². The fourth-order valence-corrected chi connectivity index (χ4v) is 6.02. The summed E-state index contributed by atoms with van der Waals surface area (Å²) in [6.45, 7) is 15.6. The first-order chi connectivity index (χ1) is 16.0. The Morgan fingerprint density at radius 3 is 2.50 bits per heavy atom. The third-order valence-electron chi connectivity index (χ3n) is 7.19. The van der Waals surface area contributed by atoms with Crippen molar-refractivity contribution in [1.82, 2.24) is 10.0 Å². The maximum atomic E-state index is 12.9. The Kier molecular flexibility index (Phi) is 7.04. The lowest BCUT2D eigenvalue weighted by molar-refractivity contribution is 0.236. The van der Waals surface area contributed by atoms with Crippen LogP contribution in [0, 0.1) is 29.1 Å². The lowest BCUT2D eigenvalue weighted by Crippen LogP contribution is -2.48. The molecule has 1 aromatic rings. The Balaban J connectivity index is 1.68. The van der Waals surface area contributed by atoms with Crippen LogP contribution in [0.3, 0.4) is 0 Å². The number of para-hydroxylation sites is 1. The summed E-state index contributed by atoms with van der Waals surface area (Å²) in [7, 11) is 0. The van der Waals surface area contributed by atoms with Crippen molar-refractivity contribution in [3.05, 3.63) is 53.4 Å². The van der Waals surface area contributed by atoms with Crippen molar-refractivity contribution in [2.24, 2.45) is 39.1 Å². The molecule has 2 heterocycles. The van der Waals surface area contributed by atoms with E-state index in [0.29, 0.717) is 23.4 Å². The minimum atomic E-state index is -1.77. The van der Waals surface area contributed by atoms with Gasteiger partial charge in [-0.3, -0.25) is 4.72 Å². The lowest BCUT2D eigenvalue weighted by atomic mass is 9.73. The third-order valence-corrected chi connectivity index (χ3v) is 7.89. The van der Waals surface area contributed by atoms with E-state index in [1.807, 2.05) is 18.2 Å². The van der Waals surface area contributed by atoms with Crippen LogP contribution in [0.2, 0.25) is 0 Å². The summed E-state index contributed by atoms with van der Waals surface area (Å²) >= 11 is -1.77. The van der Waals surface area contributed by atoms with E-state index < -0.39 is 11.3 Å². The van der Waals surface area contributed by atoms with Gasteiger partial charge in [-0.1, -0.05) is 71.4 Å². The first kappa shape index (κ1) is 24.7. The molecule has 184 valence electrons. The van der Waals surface area contributed by atoms with Gasteiger partial charge in [-0.2, -0.15) is 4.21 Å². The number of allylic oxidation sites excluding steroid dienone is 1. The van der Waals surface area contributed by atoms with Crippen LogP contribution in [0.15, 0.2) is 63.4 Å². The zero-order valence-corrected chi connectivity index (χ0v) is 22.2. The number of nitrogens with one attached hydrogen (secondary N) is 2. The molecule has 0 saturated carbocycles. The van der Waals surface area contributed by atoms with Crippen LogP contribution < -0.4 is 14.2 Å². The fraction of sp³-hybridized carbons (Fsp3) is 0.556. The highest BCUT2D eigenvalue weighted by molar-refractivity contribution is 7.79. The molecular formula is C27H38N4O2S. The molecule has 0 amide bonds. The molecule has 2 aliphatic heterocycles. The molecular weight excluding hydrogens is 444 g/mol. The summed E-state index contributed by atoms with van der Waals surface area (Å²) in [6.07, 6.45) is 4.07. The predicted molar refractivity (Wildman–Crippen MR) is 141 cm³/mol. The second kappa shape index (κ2) is 9.68. The molecule has 0 radical (unpaired) electrons. The third kappa shape index (κ3) is 5.29. The van der Waals surface area contributed by atoms with Crippen molar-refractivity contribution >= 4 is 22.8 Å². The van der Waals surface area contributed by atoms with Crippen molar-refractivity contribution in [1.29, 1.82) is 0 Å². The van der Waals surface area contributed by atoms with Gasteiger partial charge < -0.3 is 9.50 Å². The Morgan fingerprint density at radius 1 is 1.12 bits per heavy atom. The minimum absolute atomic E-state index is 0.0281. The van der Waals surface area contributed by atoms with Crippen LogP contribution >= 0.6 is 0 Å². The smallest absolute Gasteiger partial charge is 0.317 e. The highest BCUT2D eigenvalue weighted by atomic mass is 32.2. The van der Waals surface area contributed by atoms with Crippen LogP contribution in [0.1, 0.15) is 61.3 Å². The maximum Gasteiger partial charge on any atom is 0.317 e. The number of nitrogens with zero attached hydrogens (tertiary/aromatic N) is 2. The molecule has 0 spiro atoms. The molecule has 3 aliphatic rings. The standard InChI is InChI=1S/C27H38N4O2S/c1-16-13-17(2)19(4)21(14-16)24-29-25-22(15-18(3)23(28-25)27(5,6)7)26(30-24)31-34(32)33-20-11-9-8-10-12-20/h8-12,14,17-19,21,24,29H,13,15H2,1-7H3,(H,30,31)/t17-,18?,19?,21?,24+,34?/m0/s1. The summed E-state index contributed by atoms with van der Waals surface area (Å²) in [5.74, 6) is 3.55. The summed E-state index contributed by atoms with van der Waals surface area (Å²) < 4.78 is 21.6. The normalized spacial score (nSPS) is 30.3. The van der Waals surface area contributed by atoms with Crippen LogP contribution in [-0.2, 0) is 11.3 Å². The molecule has 1 aromatic carbocycles. The number of amidine groups is 1. The summed E-state index contributed by atoms with van der Waals surface area (Å²) in [6, 6.07) is 9.20. The molecule has 4 rings (SSSR count). The highest BCUT2D eigenvalue weighted by Crippen LogP contribution is 2.39. The highest BCUT2D eigenvalue weighted by Gasteiger charge is 2.38. The van der Waals surface area contributed by atoms with Gasteiger partial charge in [0.15, 0.2) is 0 Å². The van der Waals surface area contributed by atoms with E-state index in [1.54, 1.807) is 12.1 Å². The van der Waals surface area contributed by atoms with Gasteiger partial charge in [0.1, 0.15) is 23.6 Å². The largest absolute Gasteiger partial charge is 0.385 e. The number of aliphatic imine (C=N–C) groups is 2. The van der Waals surface area contributed by atoms with Gasteiger partial charge in [-0.15, -0.1) is 0 Å². The molecule has 0 fully saturated rings. The van der Waals surface area contributed by atoms with Crippen molar-refractivity contribution in [3.8, 4) is 5.75 Å². The molecule has 0 saturated heterocycles. The second-order valence-electron chi connectivity index (χ2n) is 11.1. The number of hydrogen-bond donors (Lipinski definition) is 2. The van der Waals surface area contributed by atoms with Gasteiger partial charge in [0.05, 0.1) is 0 Å². The van der Waals surface area contributed by atoms with Crippen LogP contribution in [0.5, 0.6) is 5.75 Å². The monoisotopic (exact) mass is 482 g/mol. The van der Waals surface area contributed by atoms with Gasteiger partial charge >= 0.3 is 11.3 Å². The predicted octanol–water partition coefficient (Wildman–Crippen LogP) is 5.54. The van der Waals surface area contributed by atoms with E-state index in [9.17, 15) is 4.21 Å². The topological polar surface area (TPSA) is 75.1 Å². The molecule has 4 unspecified atom stereocenters. The average Bonchev–Trinajstić information content (AvgIpc) is 2.76. The Bertz CT molecular complexity index is 1070. The van der Waals surface area contributed by atoms with E-state index in [-0.39, 0.29) is 23.4 Å². The van der Waals surface area contributed by atoms with Gasteiger partial charge in [-0.25, -0.2) is 9.98 Å². The van der Waals surface area contributed by atoms with E-state index >= 15 is 0 Å². The van der Waals surface area contributed by atoms with Gasteiger partial charge in [0.2, 0.25) is 0 Å². The fourth-order valence-electron chi connectivity index (χ4n) is 5.36. The summed E-state index contributed by atoms with van der Waals surface area (Å²) in [5, 5.41) is 3.65. The molecule has 1 aliphatic carbocycles. The molecule has 2 N–H and O–H groups in total. The first-order valence-corrected chi connectivity index (χ1v) is 13.4. The second-order valence-corrected chi connectivity index (χ2v) is 12.0. The van der Waals surface area contributed by atoms with E-state index in [0.717, 1.165) is 24.2 Å². The van der Waals surface area contributed by atoms with Gasteiger partial charge in [-0.05, 0) is 49.7 Å². The lowest BCUT2D eigenvalue weighted by Gasteiger charge is -2.40. The number of rotatable bonds is 4. The number of hydrogen-bond acceptors (Lipinski definition) is 5. The Morgan fingerprint density at radius 2 is 1.82 bits per heavy atom. The average molecular weight is 483 g/mol. The Labute approximate surface area is 206 Å². The zero-order valence-electron chi connectivity index (χ0n) is 21.4. The van der Waals surface area contributed by atoms with Crippen molar-refractivity contribution in [2.45, 2.75) is 67.5 Å². The van der Waals surface area contributed by atoms with Crippen molar-refractivity contribution in [2.75, 3.05) is 0 Å². The zero-order chi connectivity index (χ0) is 24.6. The molecule has 6 nitrogen and oxygen atoms in total. The van der Waals surface area contributed by atoms with Gasteiger partial charge in [0, 0.05) is 22.6 Å². The molecule has 0 bridgehead atoms. The van der Waals surface area contributed by atoms with E-state index in [1.165, 1.54) is 11.3 Å². The Hall–Kier alpha value is -2.41. The minimum Gasteiger partial charge on any atom is -0.385 e. The molecule has 6 atom stereocenters. The maximum absolute atomic E-state index is 12.9. The van der Waals surface area contributed by atoms with Gasteiger partial charge in [0.25, 0.3) is 0 Å². The SMILES string of the molecule is CC1=CC([C@H]2N=C(NS(=O)Oc3ccccc3)C3=C(N=C(C(C)(C)C)C(C)C3)N2)C(C)[C@@H](C)C1. The van der Waals surface area contributed by atoms with Crippen LogP contribution in [0.25, 0.3) is 0 Å². The number of benzene rings is 1. The first-order valence-electron chi connectivity index (χ1n) is 12.3.